The maximum Gasteiger partial charge on any atom is 0.306 e. The molecular weight excluding hydrogens is 731 g/mol. The van der Waals surface area contributed by atoms with Crippen LogP contribution in [0.4, 0.5) is 0 Å². The zero-order valence-corrected chi connectivity index (χ0v) is 39.4. The van der Waals surface area contributed by atoms with Gasteiger partial charge in [0.2, 0.25) is 5.91 Å². The van der Waals surface area contributed by atoms with E-state index in [4.69, 9.17) is 4.74 Å². The summed E-state index contributed by atoms with van der Waals surface area (Å²) in [5, 5.41) is 23.7. The van der Waals surface area contributed by atoms with Gasteiger partial charge in [0.1, 0.15) is 6.10 Å². The van der Waals surface area contributed by atoms with Crippen molar-refractivity contribution in [1.29, 1.82) is 0 Å². The summed E-state index contributed by atoms with van der Waals surface area (Å²) in [5.41, 5.74) is 0. The van der Waals surface area contributed by atoms with E-state index in [9.17, 15) is 19.8 Å². The molecule has 6 heteroatoms. The fourth-order valence-corrected chi connectivity index (χ4v) is 7.77. The topological polar surface area (TPSA) is 95.9 Å². The molecule has 0 aromatic rings. The van der Waals surface area contributed by atoms with Crippen molar-refractivity contribution in [2.24, 2.45) is 0 Å². The summed E-state index contributed by atoms with van der Waals surface area (Å²) in [6.07, 6.45) is 54.9. The first-order chi connectivity index (χ1) is 29.0. The smallest absolute Gasteiger partial charge is 0.306 e. The van der Waals surface area contributed by atoms with Crippen molar-refractivity contribution < 1.29 is 24.5 Å². The average Bonchev–Trinajstić information content (AvgIpc) is 3.23. The minimum absolute atomic E-state index is 0.0632. The number of hydrogen-bond acceptors (Lipinski definition) is 5. The highest BCUT2D eigenvalue weighted by Gasteiger charge is 2.24. The lowest BCUT2D eigenvalue weighted by atomic mass is 10.0. The van der Waals surface area contributed by atoms with Crippen LogP contribution in [0.25, 0.3) is 0 Å². The van der Waals surface area contributed by atoms with Gasteiger partial charge in [-0.15, -0.1) is 0 Å². The van der Waals surface area contributed by atoms with E-state index in [1.807, 2.05) is 0 Å². The molecule has 0 spiro atoms. The Bertz CT molecular complexity index is 977. The van der Waals surface area contributed by atoms with Crippen molar-refractivity contribution in [2.75, 3.05) is 6.61 Å². The highest BCUT2D eigenvalue weighted by molar-refractivity contribution is 5.77. The summed E-state index contributed by atoms with van der Waals surface area (Å²) < 4.78 is 5.92. The number of hydrogen-bond donors (Lipinski definition) is 3. The van der Waals surface area contributed by atoms with E-state index >= 15 is 0 Å². The molecule has 3 N–H and O–H groups in total. The predicted octanol–water partition coefficient (Wildman–Crippen LogP) is 15.3. The minimum atomic E-state index is -0.791. The molecule has 59 heavy (non-hydrogen) atoms. The van der Waals surface area contributed by atoms with Crippen LogP contribution in [0.1, 0.15) is 265 Å². The van der Waals surface area contributed by atoms with E-state index < -0.39 is 18.2 Å². The Kier molecular flexibility index (Phi) is 45.6. The molecule has 0 radical (unpaired) electrons. The molecule has 0 aliphatic heterocycles. The molecule has 0 aliphatic carbocycles. The van der Waals surface area contributed by atoms with Crippen LogP contribution in [0, 0.1) is 0 Å². The second-order valence-corrected chi connectivity index (χ2v) is 17.6. The number of allylic oxidation sites excluding steroid dienone is 6. The second-order valence-electron chi connectivity index (χ2n) is 17.6. The van der Waals surface area contributed by atoms with Crippen LogP contribution < -0.4 is 5.32 Å². The Morgan fingerprint density at radius 2 is 0.864 bits per heavy atom. The lowest BCUT2D eigenvalue weighted by Gasteiger charge is -2.24. The van der Waals surface area contributed by atoms with E-state index in [-0.39, 0.29) is 24.9 Å². The van der Waals surface area contributed by atoms with Gasteiger partial charge in [-0.2, -0.15) is 0 Å². The van der Waals surface area contributed by atoms with Crippen LogP contribution in [0.15, 0.2) is 36.5 Å². The van der Waals surface area contributed by atoms with Crippen LogP contribution in [0.5, 0.6) is 0 Å². The molecule has 346 valence electrons. The van der Waals surface area contributed by atoms with Gasteiger partial charge in [0.25, 0.3) is 0 Å². The van der Waals surface area contributed by atoms with E-state index in [0.29, 0.717) is 19.3 Å². The first kappa shape index (κ1) is 57.1. The molecule has 0 aliphatic rings. The van der Waals surface area contributed by atoms with Gasteiger partial charge in [-0.3, -0.25) is 9.59 Å². The Morgan fingerprint density at radius 3 is 1.32 bits per heavy atom. The minimum Gasteiger partial charge on any atom is -0.462 e. The van der Waals surface area contributed by atoms with E-state index in [2.05, 4.69) is 62.5 Å². The van der Waals surface area contributed by atoms with Gasteiger partial charge < -0.3 is 20.3 Å². The number of carbonyl (C=O) groups excluding carboxylic acids is 2. The molecule has 3 atom stereocenters. The van der Waals surface area contributed by atoms with Gasteiger partial charge in [-0.05, 0) is 77.0 Å². The summed E-state index contributed by atoms with van der Waals surface area (Å²) in [5.74, 6) is -0.507. The highest BCUT2D eigenvalue weighted by atomic mass is 16.5. The van der Waals surface area contributed by atoms with Crippen molar-refractivity contribution in [1.82, 2.24) is 5.32 Å². The number of carbonyl (C=O) groups is 2. The summed E-state index contributed by atoms with van der Waals surface area (Å²) in [6.45, 7) is 6.46. The van der Waals surface area contributed by atoms with Crippen LogP contribution in [-0.4, -0.2) is 46.9 Å². The van der Waals surface area contributed by atoms with Crippen LogP contribution in [0.3, 0.4) is 0 Å². The van der Waals surface area contributed by atoms with Crippen molar-refractivity contribution in [3.05, 3.63) is 36.5 Å². The molecule has 0 aromatic carbocycles. The lowest BCUT2D eigenvalue weighted by Crippen LogP contribution is -2.46. The lowest BCUT2D eigenvalue weighted by molar-refractivity contribution is -0.151. The number of ether oxygens (including phenoxy) is 1. The van der Waals surface area contributed by atoms with Crippen molar-refractivity contribution in [3.8, 4) is 0 Å². The highest BCUT2D eigenvalue weighted by Crippen LogP contribution is 2.17. The standard InChI is InChI=1S/C53H99NO5/c1-4-7-10-13-16-19-22-24-25-26-28-31-34-37-40-43-46-53(58)59-49(44-41-38-35-32-30-27-23-20-17-14-11-8-5-2)47-52(57)54-50(48-55)51(56)45-42-39-36-33-29-21-18-15-12-9-6-3/h20,23,25-26,28,31,49-51,55-56H,4-19,21-22,24,27,29-30,32-48H2,1-3H3,(H,54,57)/b23-20-,26-25+,31-28+. The van der Waals surface area contributed by atoms with Crippen LogP contribution >= 0.6 is 0 Å². The van der Waals surface area contributed by atoms with Gasteiger partial charge in [0.05, 0.1) is 25.2 Å². The van der Waals surface area contributed by atoms with Gasteiger partial charge in [0.15, 0.2) is 0 Å². The molecule has 6 nitrogen and oxygen atoms in total. The molecule has 0 bridgehead atoms. The van der Waals surface area contributed by atoms with Gasteiger partial charge >= 0.3 is 5.97 Å². The Morgan fingerprint density at radius 1 is 0.492 bits per heavy atom. The second kappa shape index (κ2) is 47.1. The maximum absolute atomic E-state index is 13.2. The molecule has 1 amide bonds. The monoisotopic (exact) mass is 830 g/mol. The third kappa shape index (κ3) is 42.6. The normalized spacial score (nSPS) is 13.5. The van der Waals surface area contributed by atoms with Gasteiger partial charge in [-0.25, -0.2) is 0 Å². The number of aliphatic hydroxyl groups excluding tert-OH is 2. The number of aliphatic hydroxyl groups is 2. The molecule has 0 aromatic heterocycles. The molecule has 0 fully saturated rings. The molecule has 0 heterocycles. The number of unbranched alkanes of at least 4 members (excludes halogenated alkanes) is 29. The average molecular weight is 830 g/mol. The van der Waals surface area contributed by atoms with E-state index in [1.165, 1.54) is 141 Å². The molecule has 3 unspecified atom stereocenters. The third-order valence-electron chi connectivity index (χ3n) is 11.7. The number of amides is 1. The largest absolute Gasteiger partial charge is 0.462 e. The van der Waals surface area contributed by atoms with Crippen molar-refractivity contribution in [3.63, 3.8) is 0 Å². The zero-order chi connectivity index (χ0) is 43.1. The molecule has 0 saturated heterocycles. The van der Waals surface area contributed by atoms with Crippen LogP contribution in [-0.2, 0) is 14.3 Å². The Labute approximate surface area is 366 Å². The summed E-state index contributed by atoms with van der Waals surface area (Å²) in [7, 11) is 0. The zero-order valence-electron chi connectivity index (χ0n) is 39.4. The summed E-state index contributed by atoms with van der Waals surface area (Å²) >= 11 is 0. The number of rotatable bonds is 46. The quantitative estimate of drug-likeness (QED) is 0.0246. The Hall–Kier alpha value is -1.92. The van der Waals surface area contributed by atoms with E-state index in [1.54, 1.807) is 0 Å². The maximum atomic E-state index is 13.2. The third-order valence-corrected chi connectivity index (χ3v) is 11.7. The van der Waals surface area contributed by atoms with E-state index in [0.717, 1.165) is 77.0 Å². The first-order valence-corrected chi connectivity index (χ1v) is 25.7. The fourth-order valence-electron chi connectivity index (χ4n) is 7.77. The summed E-state index contributed by atoms with van der Waals surface area (Å²) in [4.78, 5) is 26.1. The van der Waals surface area contributed by atoms with Gasteiger partial charge in [0, 0.05) is 6.42 Å². The van der Waals surface area contributed by atoms with Crippen molar-refractivity contribution >= 4 is 11.9 Å². The van der Waals surface area contributed by atoms with Crippen molar-refractivity contribution in [2.45, 2.75) is 283 Å². The SMILES string of the molecule is CCCCCC/C=C\CCCCCCCC(CC(=O)NC(CO)C(O)CCCCCCCCCCCCC)OC(=O)CCCCC/C=C/C=C/CCCCCCCCC. The molecule has 0 saturated carbocycles. The number of esters is 1. The molecule has 0 rings (SSSR count). The Balaban J connectivity index is 4.62. The predicted molar refractivity (Wildman–Crippen MR) is 255 cm³/mol. The number of nitrogens with one attached hydrogen (secondary N) is 1. The fraction of sp³-hybridized carbons (Fsp3) is 0.849. The van der Waals surface area contributed by atoms with Gasteiger partial charge in [-0.1, -0.05) is 211 Å². The first-order valence-electron chi connectivity index (χ1n) is 25.7. The molecular formula is C53H99NO5. The summed E-state index contributed by atoms with van der Waals surface area (Å²) in [6, 6.07) is -0.706. The van der Waals surface area contributed by atoms with Crippen LogP contribution in [0.2, 0.25) is 0 Å².